The van der Waals surface area contributed by atoms with Gasteiger partial charge in [0.2, 0.25) is 0 Å². The first-order valence-corrected chi connectivity index (χ1v) is 4.36. The fourth-order valence-electron chi connectivity index (χ4n) is 0.749. The molecule has 4 nitrogen and oxygen atoms in total. The predicted octanol–water partition coefficient (Wildman–Crippen LogP) is 0.290. The number of hydrogen-bond acceptors (Lipinski definition) is 3. The van der Waals surface area contributed by atoms with Gasteiger partial charge >= 0.3 is 0 Å². The molecule has 2 amide bonds. The molecule has 0 aromatic rings. The Morgan fingerprint density at radius 1 is 1.40 bits per heavy atom. The molecule has 1 unspecified atom stereocenters. The summed E-state index contributed by atoms with van der Waals surface area (Å²) in [6.07, 6.45) is 0.590. The minimum Gasteiger partial charge on any atom is -0.272 e. The summed E-state index contributed by atoms with van der Waals surface area (Å²) in [5.74, 6) is -0.446. The van der Waals surface area contributed by atoms with E-state index in [0.29, 0.717) is 12.8 Å². The topological polar surface area (TPSA) is 46.6 Å². The minimum atomic E-state index is -0.223. The van der Waals surface area contributed by atoms with Crippen LogP contribution < -0.4 is 0 Å². The third-order valence-electron chi connectivity index (χ3n) is 1.19. The molecule has 0 bridgehead atoms. The van der Waals surface area contributed by atoms with Crippen LogP contribution in [-0.4, -0.2) is 23.5 Å². The molecule has 0 aliphatic carbocycles. The van der Waals surface area contributed by atoms with Gasteiger partial charge in [-0.15, -0.1) is 0 Å². The van der Waals surface area contributed by atoms with Crippen molar-refractivity contribution < 1.29 is 14.2 Å². The molecular formula is C5H8NO3P. The van der Waals surface area contributed by atoms with E-state index < -0.39 is 0 Å². The number of imide groups is 1. The average Bonchev–Trinajstić information content (AvgIpc) is 2.20. The molecular weight excluding hydrogens is 153 g/mol. The number of nitrogens with zero attached hydrogens (tertiary/aromatic N) is 1. The van der Waals surface area contributed by atoms with Crippen LogP contribution in [0.1, 0.15) is 12.8 Å². The van der Waals surface area contributed by atoms with Crippen molar-refractivity contribution in [1.29, 1.82) is 0 Å². The zero-order valence-corrected chi connectivity index (χ0v) is 6.59. The Labute approximate surface area is 60.3 Å². The van der Waals surface area contributed by atoms with Crippen LogP contribution in [0.5, 0.6) is 0 Å². The molecule has 1 heterocycles. The first kappa shape index (κ1) is 7.63. The van der Waals surface area contributed by atoms with E-state index in [9.17, 15) is 9.59 Å². The van der Waals surface area contributed by atoms with Crippen molar-refractivity contribution in [2.24, 2.45) is 0 Å². The van der Waals surface area contributed by atoms with E-state index in [1.165, 1.54) is 0 Å². The van der Waals surface area contributed by atoms with Crippen molar-refractivity contribution >= 4 is 20.6 Å². The van der Waals surface area contributed by atoms with Crippen molar-refractivity contribution in [2.45, 2.75) is 12.8 Å². The van der Waals surface area contributed by atoms with Crippen molar-refractivity contribution in [3.8, 4) is 0 Å². The third kappa shape index (κ3) is 1.33. The summed E-state index contributed by atoms with van der Waals surface area (Å²) in [4.78, 5) is 21.5. The maximum atomic E-state index is 10.8. The van der Waals surface area contributed by atoms with Crippen LogP contribution in [0.4, 0.5) is 0 Å². The zero-order valence-electron chi connectivity index (χ0n) is 5.59. The Balaban J connectivity index is 2.54. The van der Waals surface area contributed by atoms with E-state index in [0.717, 1.165) is 5.06 Å². The van der Waals surface area contributed by atoms with Gasteiger partial charge < -0.3 is 0 Å². The summed E-state index contributed by atoms with van der Waals surface area (Å²) in [6, 6.07) is 0. The molecule has 1 saturated heterocycles. The Bertz CT molecular complexity index is 154. The van der Waals surface area contributed by atoms with E-state index in [1.807, 2.05) is 0 Å². The molecule has 0 spiro atoms. The second-order valence-electron chi connectivity index (χ2n) is 1.88. The zero-order chi connectivity index (χ0) is 7.56. The molecule has 0 N–H and O–H groups in total. The third-order valence-corrected chi connectivity index (χ3v) is 1.55. The minimum absolute atomic E-state index is 0.148. The SMILES string of the molecule is CPON1C(=O)CCC1=O. The van der Waals surface area contributed by atoms with Gasteiger partial charge in [-0.05, 0) is 6.66 Å². The van der Waals surface area contributed by atoms with Crippen LogP contribution in [0.3, 0.4) is 0 Å². The molecule has 56 valence electrons. The Morgan fingerprint density at radius 3 is 2.30 bits per heavy atom. The van der Waals surface area contributed by atoms with Crippen LogP contribution >= 0.6 is 8.81 Å². The summed E-state index contributed by atoms with van der Waals surface area (Å²) in [5, 5.41) is 0.860. The molecule has 0 aromatic carbocycles. The van der Waals surface area contributed by atoms with Crippen LogP contribution in [0.15, 0.2) is 0 Å². The van der Waals surface area contributed by atoms with Crippen molar-refractivity contribution in [3.05, 3.63) is 0 Å². The normalized spacial score (nSPS) is 19.9. The summed E-state index contributed by atoms with van der Waals surface area (Å²) >= 11 is 0. The van der Waals surface area contributed by atoms with Gasteiger partial charge in [0, 0.05) is 21.6 Å². The molecule has 1 rings (SSSR count). The maximum Gasteiger partial charge on any atom is 0.254 e. The van der Waals surface area contributed by atoms with Crippen LogP contribution in [0.2, 0.25) is 0 Å². The lowest BCUT2D eigenvalue weighted by Gasteiger charge is -2.09. The lowest BCUT2D eigenvalue weighted by Crippen LogP contribution is -2.25. The van der Waals surface area contributed by atoms with Crippen LogP contribution in [-0.2, 0) is 14.2 Å². The van der Waals surface area contributed by atoms with Gasteiger partial charge in [-0.2, -0.15) is 5.06 Å². The van der Waals surface area contributed by atoms with Gasteiger partial charge in [-0.25, -0.2) is 4.62 Å². The second kappa shape index (κ2) is 3.08. The Hall–Kier alpha value is -0.470. The fourth-order valence-corrected chi connectivity index (χ4v) is 1.14. The molecule has 1 atom stereocenters. The van der Waals surface area contributed by atoms with Crippen molar-refractivity contribution in [2.75, 3.05) is 6.66 Å². The Kier molecular flexibility index (Phi) is 2.35. The quantitative estimate of drug-likeness (QED) is 0.432. The smallest absolute Gasteiger partial charge is 0.254 e. The number of carbonyl (C=O) groups excluding carboxylic acids is 2. The van der Waals surface area contributed by atoms with Crippen molar-refractivity contribution in [3.63, 3.8) is 0 Å². The number of hydrogen-bond donors (Lipinski definition) is 0. The molecule has 0 radical (unpaired) electrons. The maximum absolute atomic E-state index is 10.8. The Morgan fingerprint density at radius 2 is 1.90 bits per heavy atom. The van der Waals surface area contributed by atoms with Gasteiger partial charge in [0.15, 0.2) is 0 Å². The lowest BCUT2D eigenvalue weighted by atomic mass is 10.4. The predicted molar refractivity (Wildman–Crippen MR) is 36.4 cm³/mol. The van der Waals surface area contributed by atoms with E-state index in [1.54, 1.807) is 6.66 Å². The molecule has 10 heavy (non-hydrogen) atoms. The monoisotopic (exact) mass is 161 g/mol. The largest absolute Gasteiger partial charge is 0.272 e. The fraction of sp³-hybridized carbons (Fsp3) is 0.600. The number of hydroxylamine groups is 2. The van der Waals surface area contributed by atoms with Crippen molar-refractivity contribution in [1.82, 2.24) is 5.06 Å². The number of amides is 2. The second-order valence-corrected chi connectivity index (χ2v) is 2.47. The summed E-state index contributed by atoms with van der Waals surface area (Å²) in [7, 11) is 0.148. The van der Waals surface area contributed by atoms with Gasteiger partial charge in [-0.1, -0.05) is 0 Å². The first-order chi connectivity index (χ1) is 4.75. The first-order valence-electron chi connectivity index (χ1n) is 2.95. The van der Waals surface area contributed by atoms with E-state index in [2.05, 4.69) is 0 Å². The molecule has 0 aromatic heterocycles. The van der Waals surface area contributed by atoms with Gasteiger partial charge in [-0.3, -0.25) is 9.59 Å². The molecule has 1 aliphatic heterocycles. The highest BCUT2D eigenvalue weighted by Gasteiger charge is 2.29. The highest BCUT2D eigenvalue weighted by Crippen LogP contribution is 2.18. The number of rotatable bonds is 2. The summed E-state index contributed by atoms with van der Waals surface area (Å²) in [5.41, 5.74) is 0. The van der Waals surface area contributed by atoms with E-state index in [4.69, 9.17) is 4.62 Å². The molecule has 0 saturated carbocycles. The lowest BCUT2D eigenvalue weighted by molar-refractivity contribution is -0.162. The molecule has 1 fully saturated rings. The van der Waals surface area contributed by atoms with Gasteiger partial charge in [0.25, 0.3) is 11.8 Å². The van der Waals surface area contributed by atoms with Gasteiger partial charge in [0.05, 0.1) is 0 Å². The standard InChI is InChI=1S/C5H8NO3P/c1-10-9-6-4(7)2-3-5(6)8/h10H,2-3H2,1H3. The average molecular weight is 161 g/mol. The highest BCUT2D eigenvalue weighted by molar-refractivity contribution is 7.31. The summed E-state index contributed by atoms with van der Waals surface area (Å²) in [6.45, 7) is 1.76. The highest BCUT2D eigenvalue weighted by atomic mass is 31.1. The van der Waals surface area contributed by atoms with Crippen LogP contribution in [0, 0.1) is 0 Å². The number of carbonyl (C=O) groups is 2. The van der Waals surface area contributed by atoms with E-state index >= 15 is 0 Å². The van der Waals surface area contributed by atoms with Crippen LogP contribution in [0.25, 0.3) is 0 Å². The molecule has 5 heteroatoms. The van der Waals surface area contributed by atoms with Gasteiger partial charge in [0.1, 0.15) is 0 Å². The van der Waals surface area contributed by atoms with E-state index in [-0.39, 0.29) is 20.6 Å². The summed E-state index contributed by atoms with van der Waals surface area (Å²) < 4.78 is 4.79. The molecule has 1 aliphatic rings.